The molecule has 2 aromatic carbocycles. The quantitative estimate of drug-likeness (QED) is 0.452. The van der Waals surface area contributed by atoms with Gasteiger partial charge >= 0.3 is 6.09 Å². The molecule has 0 N–H and O–H groups in total. The summed E-state index contributed by atoms with van der Waals surface area (Å²) >= 11 is 6.51. The molecule has 188 valence electrons. The van der Waals surface area contributed by atoms with Crippen LogP contribution >= 0.6 is 11.6 Å². The lowest BCUT2D eigenvalue weighted by atomic mass is 9.82. The second kappa shape index (κ2) is 10.2. The summed E-state index contributed by atoms with van der Waals surface area (Å²) in [6.07, 6.45) is 4.47. The summed E-state index contributed by atoms with van der Waals surface area (Å²) in [5.41, 5.74) is 4.13. The van der Waals surface area contributed by atoms with Crippen LogP contribution in [0.3, 0.4) is 0 Å². The number of benzene rings is 2. The Hall–Kier alpha value is -2.53. The third-order valence-corrected chi connectivity index (χ3v) is 7.28. The zero-order valence-corrected chi connectivity index (χ0v) is 22.0. The van der Waals surface area contributed by atoms with Gasteiger partial charge in [-0.05, 0) is 72.1 Å². The molecule has 0 saturated carbocycles. The third-order valence-electron chi connectivity index (χ3n) is 6.93. The van der Waals surface area contributed by atoms with Gasteiger partial charge < -0.3 is 19.2 Å². The van der Waals surface area contributed by atoms with Crippen LogP contribution in [0.25, 0.3) is 11.1 Å². The van der Waals surface area contributed by atoms with Crippen LogP contribution in [0.1, 0.15) is 64.5 Å². The number of piperidine rings is 1. The standard InChI is InChI=1S/C29H36ClNO4/c1-20(32)5-6-21-7-8-23(18-25(21)30)22-9-10-26-24(17-22)11-12-29(35-26)13-15-31(16-14-29)27(33)34-19-28(2,3)4/h7-10,17-18H,5-6,11-16,19H2,1-4H3. The maximum atomic E-state index is 12.4. The molecular weight excluding hydrogens is 462 g/mol. The summed E-state index contributed by atoms with van der Waals surface area (Å²) in [6.45, 7) is 9.52. The summed E-state index contributed by atoms with van der Waals surface area (Å²) in [6, 6.07) is 12.4. The molecule has 6 heteroatoms. The van der Waals surface area contributed by atoms with Gasteiger partial charge in [0.1, 0.15) is 17.1 Å². The number of amides is 1. The van der Waals surface area contributed by atoms with E-state index < -0.39 is 0 Å². The van der Waals surface area contributed by atoms with Gasteiger partial charge in [0, 0.05) is 37.4 Å². The molecule has 2 heterocycles. The van der Waals surface area contributed by atoms with Crippen LogP contribution < -0.4 is 4.74 Å². The Morgan fingerprint density at radius 1 is 1.06 bits per heavy atom. The van der Waals surface area contributed by atoms with Crippen molar-refractivity contribution in [2.45, 2.75) is 71.8 Å². The number of aryl methyl sites for hydroxylation is 2. The zero-order chi connectivity index (χ0) is 25.2. The number of likely N-dealkylation sites (tertiary alicyclic amines) is 1. The number of ketones is 1. The Bertz CT molecular complexity index is 1100. The van der Waals surface area contributed by atoms with E-state index in [4.69, 9.17) is 21.1 Å². The number of carbonyl (C=O) groups is 2. The van der Waals surface area contributed by atoms with E-state index in [9.17, 15) is 9.59 Å². The topological polar surface area (TPSA) is 55.8 Å². The molecule has 2 aliphatic heterocycles. The van der Waals surface area contributed by atoms with Crippen molar-refractivity contribution in [3.8, 4) is 16.9 Å². The first-order valence-corrected chi connectivity index (χ1v) is 12.9. The van der Waals surface area contributed by atoms with Gasteiger partial charge in [0.25, 0.3) is 0 Å². The molecular formula is C29H36ClNO4. The molecule has 0 bridgehead atoms. The Morgan fingerprint density at radius 2 is 1.74 bits per heavy atom. The van der Waals surface area contributed by atoms with E-state index >= 15 is 0 Å². The Kier molecular flexibility index (Phi) is 7.46. The molecule has 0 radical (unpaired) electrons. The Balaban J connectivity index is 1.39. The normalized spacial score (nSPS) is 17.0. The minimum Gasteiger partial charge on any atom is -0.487 e. The molecule has 0 aromatic heterocycles. The fraction of sp³-hybridized carbons (Fsp3) is 0.517. The van der Waals surface area contributed by atoms with Crippen molar-refractivity contribution >= 4 is 23.5 Å². The first-order chi connectivity index (χ1) is 16.5. The minimum absolute atomic E-state index is 0.0371. The van der Waals surface area contributed by atoms with E-state index in [0.29, 0.717) is 37.6 Å². The zero-order valence-electron chi connectivity index (χ0n) is 21.3. The van der Waals surface area contributed by atoms with E-state index in [-0.39, 0.29) is 22.9 Å². The number of hydrogen-bond acceptors (Lipinski definition) is 4. The second-order valence-corrected chi connectivity index (χ2v) is 11.6. The summed E-state index contributed by atoms with van der Waals surface area (Å²) in [5, 5.41) is 0.699. The SMILES string of the molecule is CC(=O)CCc1ccc(-c2ccc3c(c2)CCC2(CCN(C(=O)OCC(C)(C)C)CC2)O3)cc1Cl. The maximum absolute atomic E-state index is 12.4. The van der Waals surface area contributed by atoms with Crippen LogP contribution in [-0.4, -0.2) is 42.1 Å². The highest BCUT2D eigenvalue weighted by atomic mass is 35.5. The highest BCUT2D eigenvalue weighted by molar-refractivity contribution is 6.31. The number of rotatable bonds is 5. The predicted octanol–water partition coefficient (Wildman–Crippen LogP) is 6.87. The molecule has 0 aliphatic carbocycles. The van der Waals surface area contributed by atoms with Crippen molar-refractivity contribution in [2.24, 2.45) is 5.41 Å². The predicted molar refractivity (Wildman–Crippen MR) is 139 cm³/mol. The fourth-order valence-electron chi connectivity index (χ4n) is 4.76. The average molecular weight is 498 g/mol. The third kappa shape index (κ3) is 6.38. The van der Waals surface area contributed by atoms with Crippen molar-refractivity contribution in [1.82, 2.24) is 4.90 Å². The van der Waals surface area contributed by atoms with Crippen molar-refractivity contribution in [3.63, 3.8) is 0 Å². The number of hydrogen-bond donors (Lipinski definition) is 0. The van der Waals surface area contributed by atoms with E-state index in [1.807, 2.05) is 17.0 Å². The highest BCUT2D eigenvalue weighted by Crippen LogP contribution is 2.41. The molecule has 1 amide bonds. The van der Waals surface area contributed by atoms with Crippen LogP contribution in [0.15, 0.2) is 36.4 Å². The molecule has 0 atom stereocenters. The van der Waals surface area contributed by atoms with Gasteiger partial charge in [0.2, 0.25) is 0 Å². The van der Waals surface area contributed by atoms with E-state index in [0.717, 1.165) is 48.1 Å². The van der Waals surface area contributed by atoms with Gasteiger partial charge in [-0.3, -0.25) is 0 Å². The van der Waals surface area contributed by atoms with Crippen molar-refractivity contribution < 1.29 is 19.1 Å². The molecule has 1 fully saturated rings. The van der Waals surface area contributed by atoms with Crippen LogP contribution in [-0.2, 0) is 22.4 Å². The lowest BCUT2D eigenvalue weighted by molar-refractivity contribution is -0.116. The summed E-state index contributed by atoms with van der Waals surface area (Å²) < 4.78 is 12.0. The molecule has 2 aromatic rings. The second-order valence-electron chi connectivity index (χ2n) is 11.2. The van der Waals surface area contributed by atoms with Crippen molar-refractivity contribution in [2.75, 3.05) is 19.7 Å². The number of Topliss-reactive ketones (excluding diaryl/α,β-unsaturated/α-hetero) is 1. The van der Waals surface area contributed by atoms with Crippen LogP contribution in [0, 0.1) is 5.41 Å². The molecule has 0 unspecified atom stereocenters. The number of fused-ring (bicyclic) bond motifs is 1. The lowest BCUT2D eigenvalue weighted by Crippen LogP contribution is -2.51. The minimum atomic E-state index is -0.221. The smallest absolute Gasteiger partial charge is 0.409 e. The van der Waals surface area contributed by atoms with Gasteiger partial charge in [-0.2, -0.15) is 0 Å². The first kappa shape index (κ1) is 25.6. The molecule has 4 rings (SSSR count). The van der Waals surface area contributed by atoms with Crippen LogP contribution in [0.5, 0.6) is 5.75 Å². The Labute approximate surface area is 213 Å². The average Bonchev–Trinajstić information content (AvgIpc) is 2.81. The van der Waals surface area contributed by atoms with Gasteiger partial charge in [0.15, 0.2) is 0 Å². The van der Waals surface area contributed by atoms with Crippen LogP contribution in [0.2, 0.25) is 5.02 Å². The van der Waals surface area contributed by atoms with Gasteiger partial charge in [-0.15, -0.1) is 0 Å². The molecule has 5 nitrogen and oxygen atoms in total. The molecule has 1 saturated heterocycles. The summed E-state index contributed by atoms with van der Waals surface area (Å²) in [7, 11) is 0. The lowest BCUT2D eigenvalue weighted by Gasteiger charge is -2.44. The van der Waals surface area contributed by atoms with Crippen molar-refractivity contribution in [3.05, 3.63) is 52.5 Å². The number of ether oxygens (including phenoxy) is 2. The fourth-order valence-corrected chi connectivity index (χ4v) is 5.03. The molecule has 35 heavy (non-hydrogen) atoms. The monoisotopic (exact) mass is 497 g/mol. The van der Waals surface area contributed by atoms with E-state index in [1.165, 1.54) is 5.56 Å². The summed E-state index contributed by atoms with van der Waals surface area (Å²) in [5.74, 6) is 1.11. The number of halogens is 1. The first-order valence-electron chi connectivity index (χ1n) is 12.6. The number of nitrogens with zero attached hydrogens (tertiary/aromatic N) is 1. The van der Waals surface area contributed by atoms with E-state index in [1.54, 1.807) is 6.92 Å². The van der Waals surface area contributed by atoms with Gasteiger partial charge in [-0.1, -0.05) is 50.6 Å². The van der Waals surface area contributed by atoms with Crippen molar-refractivity contribution in [1.29, 1.82) is 0 Å². The van der Waals surface area contributed by atoms with E-state index in [2.05, 4.69) is 45.0 Å². The summed E-state index contributed by atoms with van der Waals surface area (Å²) in [4.78, 5) is 25.5. The Morgan fingerprint density at radius 3 is 2.40 bits per heavy atom. The van der Waals surface area contributed by atoms with Gasteiger partial charge in [-0.25, -0.2) is 4.79 Å². The van der Waals surface area contributed by atoms with Gasteiger partial charge in [0.05, 0.1) is 6.61 Å². The largest absolute Gasteiger partial charge is 0.487 e. The molecule has 1 spiro atoms. The van der Waals surface area contributed by atoms with Crippen LogP contribution in [0.4, 0.5) is 4.79 Å². The number of carbonyl (C=O) groups excluding carboxylic acids is 2. The molecule has 2 aliphatic rings. The highest BCUT2D eigenvalue weighted by Gasteiger charge is 2.41. The maximum Gasteiger partial charge on any atom is 0.409 e.